The molecule has 1 amide bonds. The van der Waals surface area contributed by atoms with Gasteiger partial charge < -0.3 is 20.6 Å². The van der Waals surface area contributed by atoms with Gasteiger partial charge in [-0.15, -0.1) is 0 Å². The Labute approximate surface area is 143 Å². The monoisotopic (exact) mass is 339 g/mol. The number of carboxylic acids is 1. The number of anilines is 2. The van der Waals surface area contributed by atoms with Crippen LogP contribution >= 0.6 is 0 Å². The molecule has 25 heavy (non-hydrogen) atoms. The number of nitrogens with two attached hydrogens (primary N) is 1. The Balaban J connectivity index is 1.68. The van der Waals surface area contributed by atoms with E-state index >= 15 is 0 Å². The Morgan fingerprint density at radius 2 is 2.04 bits per heavy atom. The summed E-state index contributed by atoms with van der Waals surface area (Å²) >= 11 is 0. The van der Waals surface area contributed by atoms with Crippen LogP contribution < -0.4 is 11.1 Å². The van der Waals surface area contributed by atoms with E-state index in [1.54, 1.807) is 42.5 Å². The molecule has 0 spiro atoms. The number of rotatable bonds is 6. The van der Waals surface area contributed by atoms with Crippen LogP contribution in [0, 0.1) is 0 Å². The Bertz CT molecular complexity index is 933. The molecular formula is C18H17N3O4. The minimum atomic E-state index is -0.872. The highest BCUT2D eigenvalue weighted by molar-refractivity contribution is 5.94. The van der Waals surface area contributed by atoms with Gasteiger partial charge in [-0.3, -0.25) is 9.59 Å². The SMILES string of the molecule is Nc1cccc(CC(=O)Nc2ccc3oc(CCC(=O)O)cc3c2)n1. The zero-order valence-electron chi connectivity index (χ0n) is 13.4. The molecule has 2 heterocycles. The number of furan rings is 1. The van der Waals surface area contributed by atoms with Crippen molar-refractivity contribution in [3.8, 4) is 0 Å². The van der Waals surface area contributed by atoms with E-state index in [4.69, 9.17) is 15.3 Å². The largest absolute Gasteiger partial charge is 0.481 e. The molecule has 128 valence electrons. The van der Waals surface area contributed by atoms with E-state index < -0.39 is 5.97 Å². The van der Waals surface area contributed by atoms with Crippen LogP contribution in [0.4, 0.5) is 11.5 Å². The quantitative estimate of drug-likeness (QED) is 0.635. The summed E-state index contributed by atoms with van der Waals surface area (Å²) in [5.74, 6) is -0.0977. The van der Waals surface area contributed by atoms with Crippen molar-refractivity contribution in [3.05, 3.63) is 53.9 Å². The minimum Gasteiger partial charge on any atom is -0.481 e. The fourth-order valence-electron chi connectivity index (χ4n) is 2.50. The maximum Gasteiger partial charge on any atom is 0.303 e. The van der Waals surface area contributed by atoms with E-state index in [1.165, 1.54) is 0 Å². The second-order valence-electron chi connectivity index (χ2n) is 5.64. The van der Waals surface area contributed by atoms with E-state index in [1.807, 2.05) is 0 Å². The molecule has 0 saturated heterocycles. The van der Waals surface area contributed by atoms with Crippen molar-refractivity contribution < 1.29 is 19.1 Å². The van der Waals surface area contributed by atoms with E-state index in [2.05, 4.69) is 10.3 Å². The highest BCUT2D eigenvalue weighted by atomic mass is 16.4. The maximum atomic E-state index is 12.1. The van der Waals surface area contributed by atoms with Gasteiger partial charge in [0.2, 0.25) is 5.91 Å². The second-order valence-corrected chi connectivity index (χ2v) is 5.64. The topological polar surface area (TPSA) is 118 Å². The first-order chi connectivity index (χ1) is 12.0. The van der Waals surface area contributed by atoms with Crippen LogP contribution in [0.2, 0.25) is 0 Å². The van der Waals surface area contributed by atoms with E-state index in [-0.39, 0.29) is 18.7 Å². The molecule has 0 saturated carbocycles. The first-order valence-electron chi connectivity index (χ1n) is 7.75. The summed E-state index contributed by atoms with van der Waals surface area (Å²) in [5, 5.41) is 12.3. The van der Waals surface area contributed by atoms with Gasteiger partial charge in [-0.05, 0) is 36.4 Å². The van der Waals surface area contributed by atoms with Crippen molar-refractivity contribution in [1.82, 2.24) is 4.98 Å². The predicted molar refractivity (Wildman–Crippen MR) is 93.2 cm³/mol. The van der Waals surface area contributed by atoms with Gasteiger partial charge in [-0.1, -0.05) is 6.07 Å². The molecule has 3 rings (SSSR count). The van der Waals surface area contributed by atoms with Crippen molar-refractivity contribution in [1.29, 1.82) is 0 Å². The molecule has 0 aliphatic carbocycles. The molecule has 0 fully saturated rings. The van der Waals surface area contributed by atoms with E-state index in [9.17, 15) is 9.59 Å². The summed E-state index contributed by atoms with van der Waals surface area (Å²) in [4.78, 5) is 26.9. The number of aryl methyl sites for hydroxylation is 1. The highest BCUT2D eigenvalue weighted by Crippen LogP contribution is 2.24. The van der Waals surface area contributed by atoms with Gasteiger partial charge in [-0.2, -0.15) is 0 Å². The third kappa shape index (κ3) is 4.35. The van der Waals surface area contributed by atoms with Gasteiger partial charge in [0, 0.05) is 17.5 Å². The molecule has 0 unspecified atom stereocenters. The maximum absolute atomic E-state index is 12.1. The number of hydrogen-bond donors (Lipinski definition) is 3. The smallest absolute Gasteiger partial charge is 0.303 e. The third-order valence-electron chi connectivity index (χ3n) is 3.61. The predicted octanol–water partition coefficient (Wildman–Crippen LogP) is 2.61. The molecule has 0 atom stereocenters. The highest BCUT2D eigenvalue weighted by Gasteiger charge is 2.09. The number of aromatic nitrogens is 1. The number of carbonyl (C=O) groups is 2. The Morgan fingerprint density at radius 3 is 2.80 bits per heavy atom. The number of nitrogens with zero attached hydrogens (tertiary/aromatic N) is 1. The lowest BCUT2D eigenvalue weighted by molar-refractivity contribution is -0.137. The van der Waals surface area contributed by atoms with Gasteiger partial charge in [0.05, 0.1) is 18.5 Å². The van der Waals surface area contributed by atoms with Crippen LogP contribution in [0.25, 0.3) is 11.0 Å². The molecule has 0 aliphatic rings. The number of nitrogen functional groups attached to an aromatic ring is 1. The van der Waals surface area contributed by atoms with Gasteiger partial charge in [0.25, 0.3) is 0 Å². The van der Waals surface area contributed by atoms with Gasteiger partial charge in [0.1, 0.15) is 17.2 Å². The Morgan fingerprint density at radius 1 is 1.20 bits per heavy atom. The second kappa shape index (κ2) is 7.04. The fraction of sp³-hybridized carbons (Fsp3) is 0.167. The van der Waals surface area contributed by atoms with Crippen molar-refractivity contribution >= 4 is 34.4 Å². The lowest BCUT2D eigenvalue weighted by Gasteiger charge is -2.05. The van der Waals surface area contributed by atoms with Gasteiger partial charge >= 0.3 is 5.97 Å². The normalized spacial score (nSPS) is 10.7. The number of aliphatic carboxylic acids is 1. The molecule has 0 aliphatic heterocycles. The van der Waals surface area contributed by atoms with Crippen LogP contribution in [0.3, 0.4) is 0 Å². The Hall–Kier alpha value is -3.35. The minimum absolute atomic E-state index is 0.0105. The van der Waals surface area contributed by atoms with E-state index in [0.29, 0.717) is 35.0 Å². The molecular weight excluding hydrogens is 322 g/mol. The molecule has 4 N–H and O–H groups in total. The standard InChI is InChI=1S/C18H17N3O4/c19-16-3-1-2-12(20-16)10-17(22)21-13-4-6-15-11(8-13)9-14(25-15)5-7-18(23)24/h1-4,6,8-9H,5,7,10H2,(H2,19,20)(H,21,22)(H,23,24). The van der Waals surface area contributed by atoms with Crippen LogP contribution in [0.15, 0.2) is 46.9 Å². The number of pyridine rings is 1. The Kier molecular flexibility index (Phi) is 4.65. The number of benzene rings is 1. The zero-order valence-corrected chi connectivity index (χ0v) is 13.4. The van der Waals surface area contributed by atoms with Crippen molar-refractivity contribution in [2.24, 2.45) is 0 Å². The summed E-state index contributed by atoms with van der Waals surface area (Å²) in [7, 11) is 0. The van der Waals surface area contributed by atoms with Crippen molar-refractivity contribution in [2.75, 3.05) is 11.1 Å². The number of fused-ring (bicyclic) bond motifs is 1. The average Bonchev–Trinajstić information content (AvgIpc) is 2.95. The number of carbonyl (C=O) groups excluding carboxylic acids is 1. The van der Waals surface area contributed by atoms with Crippen LogP contribution in [0.5, 0.6) is 0 Å². The first-order valence-corrected chi connectivity index (χ1v) is 7.75. The summed E-state index contributed by atoms with van der Waals surface area (Å²) in [5.41, 5.74) is 7.48. The van der Waals surface area contributed by atoms with Gasteiger partial charge in [0.15, 0.2) is 0 Å². The number of carboxylic acid groups (broad SMARTS) is 1. The summed E-state index contributed by atoms with van der Waals surface area (Å²) in [6, 6.07) is 12.2. The molecule has 0 bridgehead atoms. The van der Waals surface area contributed by atoms with Crippen molar-refractivity contribution in [3.63, 3.8) is 0 Å². The summed E-state index contributed by atoms with van der Waals surface area (Å²) in [6.07, 6.45) is 0.460. The molecule has 7 heteroatoms. The van der Waals surface area contributed by atoms with Crippen LogP contribution in [-0.4, -0.2) is 22.0 Å². The molecule has 2 aromatic heterocycles. The van der Waals surface area contributed by atoms with Crippen molar-refractivity contribution in [2.45, 2.75) is 19.3 Å². The average molecular weight is 339 g/mol. The molecule has 3 aromatic rings. The zero-order chi connectivity index (χ0) is 17.8. The lowest BCUT2D eigenvalue weighted by atomic mass is 10.2. The fourth-order valence-corrected chi connectivity index (χ4v) is 2.50. The van der Waals surface area contributed by atoms with Gasteiger partial charge in [-0.25, -0.2) is 4.98 Å². The number of hydrogen-bond acceptors (Lipinski definition) is 5. The molecule has 7 nitrogen and oxygen atoms in total. The summed E-state index contributed by atoms with van der Waals surface area (Å²) < 4.78 is 5.59. The third-order valence-corrected chi connectivity index (χ3v) is 3.61. The number of amides is 1. The lowest BCUT2D eigenvalue weighted by Crippen LogP contribution is -2.15. The summed E-state index contributed by atoms with van der Waals surface area (Å²) in [6.45, 7) is 0. The molecule has 0 radical (unpaired) electrons. The van der Waals surface area contributed by atoms with Crippen LogP contribution in [0.1, 0.15) is 17.9 Å². The van der Waals surface area contributed by atoms with E-state index in [0.717, 1.165) is 5.39 Å². The van der Waals surface area contributed by atoms with Crippen LogP contribution in [-0.2, 0) is 22.4 Å². The first kappa shape index (κ1) is 16.5. The molecule has 1 aromatic carbocycles. The number of nitrogens with one attached hydrogen (secondary N) is 1.